The molecule has 6 nitrogen and oxygen atoms in total. The number of nitrogens with zero attached hydrogens (tertiary/aromatic N) is 2. The summed E-state index contributed by atoms with van der Waals surface area (Å²) < 4.78 is 70.8. The Labute approximate surface area is 176 Å². The maximum Gasteiger partial charge on any atom is 0.417 e. The summed E-state index contributed by atoms with van der Waals surface area (Å²) in [6, 6.07) is 7.31. The highest BCUT2D eigenvalue weighted by Crippen LogP contribution is 2.33. The van der Waals surface area contributed by atoms with E-state index in [9.17, 15) is 21.6 Å². The second kappa shape index (κ2) is 8.17. The molecule has 0 radical (unpaired) electrons. The van der Waals surface area contributed by atoms with Gasteiger partial charge in [0.2, 0.25) is 0 Å². The van der Waals surface area contributed by atoms with Gasteiger partial charge in [-0.05, 0) is 46.3 Å². The van der Waals surface area contributed by atoms with E-state index in [1.165, 1.54) is 30.6 Å². The molecule has 152 valence electrons. The number of aromatic nitrogens is 2. The lowest BCUT2D eigenvalue weighted by molar-refractivity contribution is -0.137. The van der Waals surface area contributed by atoms with Gasteiger partial charge in [0.25, 0.3) is 10.0 Å². The first kappa shape index (κ1) is 21.3. The average Bonchev–Trinajstić information content (AvgIpc) is 2.63. The van der Waals surface area contributed by atoms with Gasteiger partial charge in [-0.25, -0.2) is 4.98 Å². The first-order valence-corrected chi connectivity index (χ1v) is 10.3. The summed E-state index contributed by atoms with van der Waals surface area (Å²) in [5.74, 6) is 0.741. The fourth-order valence-electron chi connectivity index (χ4n) is 2.14. The molecule has 3 rings (SSSR count). The van der Waals surface area contributed by atoms with E-state index in [1.54, 1.807) is 6.07 Å². The van der Waals surface area contributed by atoms with Gasteiger partial charge in [0.05, 0.1) is 26.9 Å². The van der Waals surface area contributed by atoms with Gasteiger partial charge in [0.15, 0.2) is 5.03 Å². The summed E-state index contributed by atoms with van der Waals surface area (Å²) in [6.07, 6.45) is -1.26. The quantitative estimate of drug-likeness (QED) is 0.492. The van der Waals surface area contributed by atoms with E-state index >= 15 is 0 Å². The van der Waals surface area contributed by atoms with Gasteiger partial charge >= 0.3 is 6.18 Å². The number of hydrogen-bond acceptors (Lipinski definition) is 5. The molecule has 2 aromatic heterocycles. The molecule has 2 heterocycles. The van der Waals surface area contributed by atoms with Crippen LogP contribution in [0.15, 0.2) is 64.5 Å². The highest BCUT2D eigenvalue weighted by molar-refractivity contribution is 9.10. The number of anilines is 1. The van der Waals surface area contributed by atoms with Crippen molar-refractivity contribution in [1.29, 1.82) is 0 Å². The normalized spacial score (nSPS) is 11.9. The number of hydrogen-bond donors (Lipinski definition) is 1. The zero-order chi connectivity index (χ0) is 21.2. The molecule has 1 aromatic carbocycles. The van der Waals surface area contributed by atoms with Crippen LogP contribution in [0.1, 0.15) is 5.56 Å². The minimum atomic E-state index is -4.61. The predicted octanol–water partition coefficient (Wildman–Crippen LogP) is 5.50. The molecule has 0 fully saturated rings. The van der Waals surface area contributed by atoms with Crippen LogP contribution >= 0.6 is 27.5 Å². The van der Waals surface area contributed by atoms with E-state index in [0.717, 1.165) is 6.07 Å². The topological polar surface area (TPSA) is 81.2 Å². The largest absolute Gasteiger partial charge is 0.455 e. The number of rotatable bonds is 5. The Morgan fingerprint density at radius 3 is 2.41 bits per heavy atom. The summed E-state index contributed by atoms with van der Waals surface area (Å²) in [5.41, 5.74) is -0.897. The highest BCUT2D eigenvalue weighted by Gasteiger charge is 2.31. The monoisotopic (exact) mass is 507 g/mol. The number of ether oxygens (including phenoxy) is 1. The van der Waals surface area contributed by atoms with E-state index in [2.05, 4.69) is 30.6 Å². The van der Waals surface area contributed by atoms with Crippen molar-refractivity contribution in [3.8, 4) is 11.5 Å². The molecule has 0 amide bonds. The van der Waals surface area contributed by atoms with Crippen molar-refractivity contribution in [1.82, 2.24) is 9.97 Å². The summed E-state index contributed by atoms with van der Waals surface area (Å²) in [7, 11) is -4.19. The molecule has 0 bridgehead atoms. The third-order valence-corrected chi connectivity index (χ3v) is 5.55. The fourth-order valence-corrected chi connectivity index (χ4v) is 3.74. The molecule has 1 N–H and O–H groups in total. The molecule has 0 atom stereocenters. The van der Waals surface area contributed by atoms with Gasteiger partial charge in [-0.15, -0.1) is 0 Å². The van der Waals surface area contributed by atoms with Gasteiger partial charge < -0.3 is 4.74 Å². The van der Waals surface area contributed by atoms with Crippen LogP contribution in [0, 0.1) is 0 Å². The van der Waals surface area contributed by atoms with Crippen molar-refractivity contribution in [3.63, 3.8) is 0 Å². The maximum absolute atomic E-state index is 12.6. The van der Waals surface area contributed by atoms with Crippen LogP contribution in [-0.4, -0.2) is 18.4 Å². The van der Waals surface area contributed by atoms with Gasteiger partial charge in [-0.1, -0.05) is 11.6 Å². The summed E-state index contributed by atoms with van der Waals surface area (Å²) in [6.45, 7) is 0. The van der Waals surface area contributed by atoms with Crippen molar-refractivity contribution in [2.75, 3.05) is 4.72 Å². The lowest BCUT2D eigenvalue weighted by Crippen LogP contribution is -2.15. The summed E-state index contributed by atoms with van der Waals surface area (Å²) >= 11 is 9.11. The molecule has 0 aliphatic rings. The maximum atomic E-state index is 12.6. The average molecular weight is 509 g/mol. The van der Waals surface area contributed by atoms with Crippen LogP contribution in [0.4, 0.5) is 18.9 Å². The molecule has 12 heteroatoms. The van der Waals surface area contributed by atoms with Crippen LogP contribution in [0.25, 0.3) is 0 Å². The van der Waals surface area contributed by atoms with Crippen molar-refractivity contribution < 1.29 is 26.3 Å². The number of nitrogens with one attached hydrogen (secondary N) is 1. The zero-order valence-electron chi connectivity index (χ0n) is 14.1. The molecule has 29 heavy (non-hydrogen) atoms. The van der Waals surface area contributed by atoms with Crippen LogP contribution in [0.3, 0.4) is 0 Å². The van der Waals surface area contributed by atoms with Gasteiger partial charge in [-0.2, -0.15) is 21.6 Å². The first-order chi connectivity index (χ1) is 13.5. The van der Waals surface area contributed by atoms with Gasteiger partial charge in [0, 0.05) is 18.5 Å². The summed E-state index contributed by atoms with van der Waals surface area (Å²) in [5, 5.41) is -0.168. The Bertz CT molecular complexity index is 1140. The Kier molecular flexibility index (Phi) is 6.01. The van der Waals surface area contributed by atoms with E-state index in [4.69, 9.17) is 16.3 Å². The zero-order valence-corrected chi connectivity index (χ0v) is 17.3. The third kappa shape index (κ3) is 5.37. The lowest BCUT2D eigenvalue weighted by atomic mass is 10.3. The molecule has 3 aromatic rings. The molecule has 0 aliphatic heterocycles. The van der Waals surface area contributed by atoms with Crippen molar-refractivity contribution in [3.05, 3.63) is 70.0 Å². The fraction of sp³-hybridized carbons (Fsp3) is 0.0588. The molecule has 0 saturated heterocycles. The van der Waals surface area contributed by atoms with Crippen LogP contribution in [0.5, 0.6) is 11.5 Å². The minimum absolute atomic E-state index is 0.148. The first-order valence-electron chi connectivity index (χ1n) is 7.69. The van der Waals surface area contributed by atoms with E-state index in [-0.39, 0.29) is 5.69 Å². The number of benzene rings is 1. The van der Waals surface area contributed by atoms with Crippen LogP contribution in [-0.2, 0) is 16.2 Å². The third-order valence-electron chi connectivity index (χ3n) is 3.43. The molecule has 0 aliphatic carbocycles. The van der Waals surface area contributed by atoms with Crippen molar-refractivity contribution >= 4 is 43.2 Å². The lowest BCUT2D eigenvalue weighted by Gasteiger charge is -2.12. The predicted molar refractivity (Wildman–Crippen MR) is 104 cm³/mol. The SMILES string of the molecule is O=S(=O)(Nc1ccc(Oc2cncc(Cl)c2)c(Br)c1)c1ccc(C(F)(F)F)cn1. The number of pyridine rings is 2. The summed E-state index contributed by atoms with van der Waals surface area (Å²) in [4.78, 5) is 7.28. The van der Waals surface area contributed by atoms with Gasteiger partial charge in [-0.3, -0.25) is 9.71 Å². The van der Waals surface area contributed by atoms with E-state index in [0.29, 0.717) is 33.3 Å². The standard InChI is InChI=1S/C17H10BrClF3N3O3S/c18-14-6-12(2-3-15(14)28-13-5-11(19)8-23-9-13)25-29(26,27)16-4-1-10(7-24-16)17(20,21)22/h1-9,25H. The second-order valence-corrected chi connectivity index (χ2v) is 8.49. The van der Waals surface area contributed by atoms with Crippen LogP contribution in [0.2, 0.25) is 5.02 Å². The van der Waals surface area contributed by atoms with E-state index < -0.39 is 26.8 Å². The minimum Gasteiger partial charge on any atom is -0.455 e. The number of alkyl halides is 3. The van der Waals surface area contributed by atoms with Crippen molar-refractivity contribution in [2.45, 2.75) is 11.2 Å². The molecule has 0 spiro atoms. The Hall–Kier alpha value is -2.37. The second-order valence-electron chi connectivity index (χ2n) is 5.57. The molecular formula is C17H10BrClF3N3O3S. The Morgan fingerprint density at radius 1 is 1.07 bits per heavy atom. The smallest absolute Gasteiger partial charge is 0.417 e. The van der Waals surface area contributed by atoms with Gasteiger partial charge in [0.1, 0.15) is 11.5 Å². The van der Waals surface area contributed by atoms with Crippen LogP contribution < -0.4 is 9.46 Å². The van der Waals surface area contributed by atoms with E-state index in [1.807, 2.05) is 0 Å². The number of sulfonamides is 1. The molecule has 0 unspecified atom stereocenters. The molecule has 0 saturated carbocycles. The Morgan fingerprint density at radius 2 is 1.83 bits per heavy atom. The highest BCUT2D eigenvalue weighted by atomic mass is 79.9. The van der Waals surface area contributed by atoms with Crippen molar-refractivity contribution in [2.24, 2.45) is 0 Å². The Balaban J connectivity index is 1.78. The molecular weight excluding hydrogens is 499 g/mol. The number of halogens is 5.